The summed E-state index contributed by atoms with van der Waals surface area (Å²) in [4.78, 5) is 18.9. The molecule has 0 N–H and O–H groups in total. The topological polar surface area (TPSA) is 42.4 Å². The number of carbonyl (C=O) groups is 1. The lowest BCUT2D eigenvalue weighted by molar-refractivity contribution is -0.133. The van der Waals surface area contributed by atoms with E-state index in [4.69, 9.17) is 4.74 Å². The molecule has 1 aromatic carbocycles. The number of aromatic nitrogens is 1. The van der Waals surface area contributed by atoms with Crippen LogP contribution in [0, 0.1) is 12.8 Å². The van der Waals surface area contributed by atoms with Crippen LogP contribution in [0.5, 0.6) is 5.88 Å². The van der Waals surface area contributed by atoms with Gasteiger partial charge in [0, 0.05) is 37.2 Å². The Balaban J connectivity index is 1.46. The first-order valence-corrected chi connectivity index (χ1v) is 9.09. The summed E-state index contributed by atoms with van der Waals surface area (Å²) in [5, 5.41) is 0. The van der Waals surface area contributed by atoms with Gasteiger partial charge in [0.25, 0.3) is 0 Å². The SMILES string of the molecule is Cc1cccc(OCC2CCCN(C(=O)CCc3ccccc3)C2)n1. The Morgan fingerprint density at radius 1 is 1.20 bits per heavy atom. The van der Waals surface area contributed by atoms with Crippen molar-refractivity contribution in [3.05, 3.63) is 59.8 Å². The number of nitrogens with zero attached hydrogens (tertiary/aromatic N) is 2. The molecule has 0 aliphatic carbocycles. The summed E-state index contributed by atoms with van der Waals surface area (Å²) in [5.74, 6) is 1.31. The van der Waals surface area contributed by atoms with E-state index in [-0.39, 0.29) is 5.91 Å². The minimum atomic E-state index is 0.252. The molecular formula is C21H26N2O2. The minimum Gasteiger partial charge on any atom is -0.477 e. The van der Waals surface area contributed by atoms with Gasteiger partial charge in [0.1, 0.15) is 0 Å². The zero-order valence-corrected chi connectivity index (χ0v) is 14.9. The molecule has 0 radical (unpaired) electrons. The molecule has 1 saturated heterocycles. The molecular weight excluding hydrogens is 312 g/mol. The number of rotatable bonds is 6. The molecule has 1 aliphatic rings. The second kappa shape index (κ2) is 8.65. The maximum absolute atomic E-state index is 12.5. The fourth-order valence-electron chi connectivity index (χ4n) is 3.28. The first kappa shape index (κ1) is 17.5. The van der Waals surface area contributed by atoms with Crippen molar-refractivity contribution in [3.63, 3.8) is 0 Å². The third-order valence-corrected chi connectivity index (χ3v) is 4.67. The van der Waals surface area contributed by atoms with Crippen molar-refractivity contribution in [1.82, 2.24) is 9.88 Å². The van der Waals surface area contributed by atoms with Crippen LogP contribution in [0.25, 0.3) is 0 Å². The van der Waals surface area contributed by atoms with E-state index in [9.17, 15) is 4.79 Å². The molecule has 1 aromatic heterocycles. The number of ether oxygens (including phenoxy) is 1. The zero-order chi connectivity index (χ0) is 17.5. The molecule has 1 fully saturated rings. The molecule has 1 amide bonds. The number of piperidine rings is 1. The van der Waals surface area contributed by atoms with Gasteiger partial charge in [-0.15, -0.1) is 0 Å². The lowest BCUT2D eigenvalue weighted by Gasteiger charge is -2.32. The Morgan fingerprint density at radius 2 is 2.04 bits per heavy atom. The number of likely N-dealkylation sites (tertiary alicyclic amines) is 1. The largest absolute Gasteiger partial charge is 0.477 e. The molecule has 2 aromatic rings. The van der Waals surface area contributed by atoms with E-state index in [0.717, 1.165) is 38.0 Å². The predicted molar refractivity (Wildman–Crippen MR) is 98.5 cm³/mol. The Labute approximate surface area is 149 Å². The molecule has 0 spiro atoms. The average Bonchev–Trinajstić information content (AvgIpc) is 2.65. The smallest absolute Gasteiger partial charge is 0.222 e. The highest BCUT2D eigenvalue weighted by Gasteiger charge is 2.24. The van der Waals surface area contributed by atoms with Crippen LogP contribution in [0.3, 0.4) is 0 Å². The first-order chi connectivity index (χ1) is 12.2. The van der Waals surface area contributed by atoms with E-state index in [0.29, 0.717) is 24.8 Å². The Kier molecular flexibility index (Phi) is 6.04. The van der Waals surface area contributed by atoms with Crippen LogP contribution in [0.1, 0.15) is 30.5 Å². The molecule has 132 valence electrons. The summed E-state index contributed by atoms with van der Waals surface area (Å²) < 4.78 is 5.83. The average molecular weight is 338 g/mol. The number of hydrogen-bond acceptors (Lipinski definition) is 3. The van der Waals surface area contributed by atoms with Gasteiger partial charge in [-0.2, -0.15) is 0 Å². The minimum absolute atomic E-state index is 0.252. The van der Waals surface area contributed by atoms with E-state index in [2.05, 4.69) is 17.1 Å². The Morgan fingerprint density at radius 3 is 2.84 bits per heavy atom. The van der Waals surface area contributed by atoms with E-state index in [1.54, 1.807) is 0 Å². The van der Waals surface area contributed by atoms with Gasteiger partial charge in [0.05, 0.1) is 6.61 Å². The van der Waals surface area contributed by atoms with Crippen molar-refractivity contribution in [2.24, 2.45) is 5.92 Å². The summed E-state index contributed by atoms with van der Waals surface area (Å²) in [6, 6.07) is 16.0. The van der Waals surface area contributed by atoms with E-state index in [1.165, 1.54) is 5.56 Å². The van der Waals surface area contributed by atoms with Crippen LogP contribution >= 0.6 is 0 Å². The monoisotopic (exact) mass is 338 g/mol. The zero-order valence-electron chi connectivity index (χ0n) is 14.9. The van der Waals surface area contributed by atoms with E-state index in [1.807, 2.05) is 48.2 Å². The Hall–Kier alpha value is -2.36. The maximum atomic E-state index is 12.5. The third-order valence-electron chi connectivity index (χ3n) is 4.67. The number of hydrogen-bond donors (Lipinski definition) is 0. The molecule has 0 saturated carbocycles. The van der Waals surface area contributed by atoms with Crippen molar-refractivity contribution in [2.45, 2.75) is 32.6 Å². The summed E-state index contributed by atoms with van der Waals surface area (Å²) in [7, 11) is 0. The Bertz CT molecular complexity index is 687. The van der Waals surface area contributed by atoms with Crippen LogP contribution in [0.15, 0.2) is 48.5 Å². The highest BCUT2D eigenvalue weighted by atomic mass is 16.5. The molecule has 1 atom stereocenters. The summed E-state index contributed by atoms with van der Waals surface area (Å²) in [5.41, 5.74) is 2.18. The number of carbonyl (C=O) groups excluding carboxylic acids is 1. The van der Waals surface area contributed by atoms with Crippen molar-refractivity contribution >= 4 is 5.91 Å². The molecule has 25 heavy (non-hydrogen) atoms. The lowest BCUT2D eigenvalue weighted by atomic mass is 9.98. The highest BCUT2D eigenvalue weighted by Crippen LogP contribution is 2.19. The van der Waals surface area contributed by atoms with Gasteiger partial charge in [-0.3, -0.25) is 4.79 Å². The summed E-state index contributed by atoms with van der Waals surface area (Å²) >= 11 is 0. The molecule has 2 heterocycles. The van der Waals surface area contributed by atoms with E-state index >= 15 is 0 Å². The fourth-order valence-corrected chi connectivity index (χ4v) is 3.28. The van der Waals surface area contributed by atoms with Crippen molar-refractivity contribution in [2.75, 3.05) is 19.7 Å². The summed E-state index contributed by atoms with van der Waals surface area (Å²) in [6.45, 7) is 4.24. The first-order valence-electron chi connectivity index (χ1n) is 9.09. The van der Waals surface area contributed by atoms with Crippen LogP contribution in [-0.2, 0) is 11.2 Å². The van der Waals surface area contributed by atoms with Crippen molar-refractivity contribution in [1.29, 1.82) is 0 Å². The molecule has 4 heteroatoms. The number of amides is 1. The highest BCUT2D eigenvalue weighted by molar-refractivity contribution is 5.76. The number of aryl methyl sites for hydroxylation is 2. The normalized spacial score (nSPS) is 17.3. The van der Waals surface area contributed by atoms with Crippen LogP contribution in [0.2, 0.25) is 0 Å². The van der Waals surface area contributed by atoms with Crippen molar-refractivity contribution < 1.29 is 9.53 Å². The third kappa shape index (κ3) is 5.31. The second-order valence-corrected chi connectivity index (χ2v) is 6.76. The van der Waals surface area contributed by atoms with Gasteiger partial charge in [0.2, 0.25) is 11.8 Å². The molecule has 1 unspecified atom stereocenters. The number of benzene rings is 1. The van der Waals surface area contributed by atoms with E-state index < -0.39 is 0 Å². The van der Waals surface area contributed by atoms with Gasteiger partial charge >= 0.3 is 0 Å². The van der Waals surface area contributed by atoms with Gasteiger partial charge in [-0.25, -0.2) is 4.98 Å². The van der Waals surface area contributed by atoms with Crippen LogP contribution < -0.4 is 4.74 Å². The number of pyridine rings is 1. The standard InChI is InChI=1S/C21H26N2O2/c1-17-7-5-11-20(22-17)25-16-19-10-6-14-23(15-19)21(24)13-12-18-8-3-2-4-9-18/h2-5,7-9,11,19H,6,10,12-16H2,1H3. The predicted octanol–water partition coefficient (Wildman–Crippen LogP) is 3.64. The van der Waals surface area contributed by atoms with Gasteiger partial charge in [-0.05, 0) is 37.8 Å². The van der Waals surface area contributed by atoms with Gasteiger partial charge < -0.3 is 9.64 Å². The maximum Gasteiger partial charge on any atom is 0.222 e. The molecule has 0 bridgehead atoms. The molecule has 1 aliphatic heterocycles. The van der Waals surface area contributed by atoms with Crippen LogP contribution in [0.4, 0.5) is 0 Å². The molecule has 4 nitrogen and oxygen atoms in total. The van der Waals surface area contributed by atoms with Crippen molar-refractivity contribution in [3.8, 4) is 5.88 Å². The quantitative estimate of drug-likeness (QED) is 0.807. The fraction of sp³-hybridized carbons (Fsp3) is 0.429. The van der Waals surface area contributed by atoms with Crippen LogP contribution in [-0.4, -0.2) is 35.5 Å². The van der Waals surface area contributed by atoms with Gasteiger partial charge in [-0.1, -0.05) is 36.4 Å². The summed E-state index contributed by atoms with van der Waals surface area (Å²) in [6.07, 6.45) is 3.54. The second-order valence-electron chi connectivity index (χ2n) is 6.76. The molecule has 3 rings (SSSR count). The van der Waals surface area contributed by atoms with Gasteiger partial charge in [0.15, 0.2) is 0 Å². The lowest BCUT2D eigenvalue weighted by Crippen LogP contribution is -2.41.